The molecule has 1 heterocycles. The maximum atomic E-state index is 6.16. The molecule has 1 saturated heterocycles. The minimum absolute atomic E-state index is 0.760. The summed E-state index contributed by atoms with van der Waals surface area (Å²) in [6, 6.07) is 16.6. The molecule has 0 N–H and O–H groups in total. The minimum atomic E-state index is 0.760. The van der Waals surface area contributed by atoms with E-state index >= 15 is 0 Å². The number of anilines is 1. The van der Waals surface area contributed by atoms with Crippen LogP contribution in [0.5, 0.6) is 5.75 Å². The van der Waals surface area contributed by atoms with Crippen LogP contribution in [0.3, 0.4) is 0 Å². The molecule has 2 aromatic carbocycles. The van der Waals surface area contributed by atoms with E-state index in [4.69, 9.17) is 16.3 Å². The topological polar surface area (TPSA) is 15.7 Å². The molecule has 3 rings (SSSR count). The molecule has 0 aromatic heterocycles. The van der Waals surface area contributed by atoms with Gasteiger partial charge in [-0.05, 0) is 43.1 Å². The van der Waals surface area contributed by atoms with Gasteiger partial charge in [0.25, 0.3) is 0 Å². The maximum absolute atomic E-state index is 6.16. The highest BCUT2D eigenvalue weighted by atomic mass is 35.5. The van der Waals surface area contributed by atoms with Crippen LogP contribution in [0.15, 0.2) is 48.5 Å². The van der Waals surface area contributed by atoms with Gasteiger partial charge in [0.15, 0.2) is 0 Å². The van der Waals surface area contributed by atoms with Gasteiger partial charge < -0.3 is 9.64 Å². The van der Waals surface area contributed by atoms with Crippen LogP contribution in [-0.2, 0) is 6.42 Å². The predicted molar refractivity (Wildman–Crippen MR) is 101 cm³/mol. The number of halogens is 1. The molecule has 0 amide bonds. The molecule has 0 atom stereocenters. The van der Waals surface area contributed by atoms with Crippen LogP contribution in [0.25, 0.3) is 0 Å². The maximum Gasteiger partial charge on any atom is 0.142 e. The van der Waals surface area contributed by atoms with Crippen molar-refractivity contribution in [2.75, 3.05) is 44.7 Å². The van der Waals surface area contributed by atoms with Crippen LogP contribution >= 0.6 is 11.6 Å². The smallest absolute Gasteiger partial charge is 0.142 e. The van der Waals surface area contributed by atoms with E-state index in [1.54, 1.807) is 7.11 Å². The molecule has 128 valence electrons. The second kappa shape index (κ2) is 8.41. The normalized spacial score (nSPS) is 15.5. The van der Waals surface area contributed by atoms with Crippen molar-refractivity contribution in [2.45, 2.75) is 12.8 Å². The number of piperazine rings is 1. The zero-order valence-electron chi connectivity index (χ0n) is 14.2. The summed E-state index contributed by atoms with van der Waals surface area (Å²) in [4.78, 5) is 4.93. The van der Waals surface area contributed by atoms with Gasteiger partial charge in [0.05, 0.1) is 12.8 Å². The zero-order valence-corrected chi connectivity index (χ0v) is 15.0. The van der Waals surface area contributed by atoms with Crippen molar-refractivity contribution in [3.8, 4) is 5.75 Å². The molecule has 0 spiro atoms. The van der Waals surface area contributed by atoms with Crippen molar-refractivity contribution in [1.82, 2.24) is 4.90 Å². The largest absolute Gasteiger partial charge is 0.495 e. The Kier molecular flexibility index (Phi) is 6.00. The molecule has 0 unspecified atom stereocenters. The summed E-state index contributed by atoms with van der Waals surface area (Å²) in [5.74, 6) is 0.900. The van der Waals surface area contributed by atoms with E-state index in [1.165, 1.54) is 12.0 Å². The van der Waals surface area contributed by atoms with E-state index in [2.05, 4.69) is 40.1 Å². The third kappa shape index (κ3) is 4.43. The van der Waals surface area contributed by atoms with Gasteiger partial charge in [0.1, 0.15) is 5.75 Å². The Labute approximate surface area is 149 Å². The van der Waals surface area contributed by atoms with Crippen molar-refractivity contribution in [1.29, 1.82) is 0 Å². The van der Waals surface area contributed by atoms with Gasteiger partial charge in [-0.1, -0.05) is 41.9 Å². The first-order valence-electron chi connectivity index (χ1n) is 8.61. The minimum Gasteiger partial charge on any atom is -0.495 e. The van der Waals surface area contributed by atoms with E-state index in [0.29, 0.717) is 0 Å². The SMILES string of the molecule is COc1ccc(Cl)cc1N1CCN(CCCc2ccccc2)CC1. The second-order valence-corrected chi connectivity index (χ2v) is 6.67. The van der Waals surface area contributed by atoms with Crippen molar-refractivity contribution in [3.05, 3.63) is 59.1 Å². The Hall–Kier alpha value is -1.71. The number of rotatable bonds is 6. The summed E-state index contributed by atoms with van der Waals surface area (Å²) in [5.41, 5.74) is 2.54. The number of nitrogens with zero attached hydrogens (tertiary/aromatic N) is 2. The van der Waals surface area contributed by atoms with Crippen molar-refractivity contribution in [2.24, 2.45) is 0 Å². The Morgan fingerprint density at radius 2 is 1.75 bits per heavy atom. The van der Waals surface area contributed by atoms with Crippen molar-refractivity contribution in [3.63, 3.8) is 0 Å². The third-order valence-electron chi connectivity index (χ3n) is 4.64. The van der Waals surface area contributed by atoms with E-state index in [1.807, 2.05) is 18.2 Å². The van der Waals surface area contributed by atoms with Gasteiger partial charge in [-0.25, -0.2) is 0 Å². The first-order chi connectivity index (χ1) is 11.8. The fourth-order valence-corrected chi connectivity index (χ4v) is 3.44. The second-order valence-electron chi connectivity index (χ2n) is 6.23. The monoisotopic (exact) mass is 344 g/mol. The lowest BCUT2D eigenvalue weighted by Crippen LogP contribution is -2.46. The Morgan fingerprint density at radius 3 is 2.46 bits per heavy atom. The van der Waals surface area contributed by atoms with E-state index in [-0.39, 0.29) is 0 Å². The highest BCUT2D eigenvalue weighted by molar-refractivity contribution is 6.30. The number of benzene rings is 2. The molecule has 1 fully saturated rings. The van der Waals surface area contributed by atoms with Crippen molar-refractivity contribution >= 4 is 17.3 Å². The van der Waals surface area contributed by atoms with Gasteiger partial charge in [0, 0.05) is 31.2 Å². The number of methoxy groups -OCH3 is 1. The quantitative estimate of drug-likeness (QED) is 0.784. The van der Waals surface area contributed by atoms with Gasteiger partial charge in [-0.2, -0.15) is 0 Å². The van der Waals surface area contributed by atoms with Crippen LogP contribution < -0.4 is 9.64 Å². The summed E-state index contributed by atoms with van der Waals surface area (Å²) in [6.07, 6.45) is 2.37. The third-order valence-corrected chi connectivity index (χ3v) is 4.87. The van der Waals surface area contributed by atoms with Gasteiger partial charge in [-0.15, -0.1) is 0 Å². The predicted octanol–water partition coefficient (Wildman–Crippen LogP) is 4.10. The molecule has 4 heteroatoms. The number of ether oxygens (including phenoxy) is 1. The Morgan fingerprint density at radius 1 is 1.00 bits per heavy atom. The molecule has 24 heavy (non-hydrogen) atoms. The van der Waals surface area contributed by atoms with Crippen LogP contribution in [0, 0.1) is 0 Å². The summed E-state index contributed by atoms with van der Waals surface area (Å²) in [7, 11) is 1.71. The van der Waals surface area contributed by atoms with Crippen LogP contribution in [0.2, 0.25) is 5.02 Å². The molecule has 0 radical (unpaired) electrons. The summed E-state index contributed by atoms with van der Waals surface area (Å²) < 4.78 is 5.48. The average Bonchev–Trinajstić information content (AvgIpc) is 2.63. The number of hydrogen-bond acceptors (Lipinski definition) is 3. The van der Waals surface area contributed by atoms with Gasteiger partial charge in [0.2, 0.25) is 0 Å². The lowest BCUT2D eigenvalue weighted by Gasteiger charge is -2.36. The molecule has 0 saturated carbocycles. The molecule has 1 aliphatic heterocycles. The van der Waals surface area contributed by atoms with E-state index in [9.17, 15) is 0 Å². The summed E-state index contributed by atoms with van der Waals surface area (Å²) >= 11 is 6.16. The number of aryl methyl sites for hydroxylation is 1. The molecule has 1 aliphatic rings. The molecule has 0 aliphatic carbocycles. The van der Waals surface area contributed by atoms with E-state index in [0.717, 1.165) is 55.6 Å². The van der Waals surface area contributed by atoms with Crippen LogP contribution in [0.1, 0.15) is 12.0 Å². The lowest BCUT2D eigenvalue weighted by molar-refractivity contribution is 0.254. The van der Waals surface area contributed by atoms with E-state index < -0.39 is 0 Å². The molecule has 2 aromatic rings. The number of hydrogen-bond donors (Lipinski definition) is 0. The standard InChI is InChI=1S/C20H25ClN2O/c1-24-20-10-9-18(21)16-19(20)23-14-12-22(13-15-23)11-5-8-17-6-3-2-4-7-17/h2-4,6-7,9-10,16H,5,8,11-15H2,1H3. The van der Waals surface area contributed by atoms with Crippen LogP contribution in [-0.4, -0.2) is 44.7 Å². The fraction of sp³-hybridized carbons (Fsp3) is 0.400. The van der Waals surface area contributed by atoms with Gasteiger partial charge in [-0.3, -0.25) is 4.90 Å². The summed E-state index contributed by atoms with van der Waals surface area (Å²) in [6.45, 7) is 5.37. The zero-order chi connectivity index (χ0) is 16.8. The molecule has 3 nitrogen and oxygen atoms in total. The fourth-order valence-electron chi connectivity index (χ4n) is 3.27. The van der Waals surface area contributed by atoms with Crippen molar-refractivity contribution < 1.29 is 4.74 Å². The summed E-state index contributed by atoms with van der Waals surface area (Å²) in [5, 5.41) is 0.760. The van der Waals surface area contributed by atoms with Crippen LogP contribution in [0.4, 0.5) is 5.69 Å². The molecule has 0 bridgehead atoms. The Balaban J connectivity index is 1.48. The molecular weight excluding hydrogens is 320 g/mol. The Bertz CT molecular complexity index is 639. The molecular formula is C20H25ClN2O. The first-order valence-corrected chi connectivity index (χ1v) is 8.99. The highest BCUT2D eigenvalue weighted by Gasteiger charge is 2.19. The average molecular weight is 345 g/mol. The highest BCUT2D eigenvalue weighted by Crippen LogP contribution is 2.31. The first kappa shape index (κ1) is 17.1. The lowest BCUT2D eigenvalue weighted by atomic mass is 10.1. The van der Waals surface area contributed by atoms with Gasteiger partial charge >= 0.3 is 0 Å².